The van der Waals surface area contributed by atoms with Crippen LogP contribution in [-0.4, -0.2) is 10.5 Å². The van der Waals surface area contributed by atoms with Crippen molar-refractivity contribution in [3.05, 3.63) is 29.0 Å². The Hall–Kier alpha value is -0.600. The van der Waals surface area contributed by atoms with Crippen LogP contribution in [-0.2, 0) is 6.54 Å². The zero-order valence-corrected chi connectivity index (χ0v) is 10.4. The Morgan fingerprint density at radius 3 is 2.60 bits per heavy atom. The molecule has 0 aromatic carbocycles. The van der Waals surface area contributed by atoms with Gasteiger partial charge in [0, 0.05) is 23.8 Å². The van der Waals surface area contributed by atoms with Crippen LogP contribution in [0.4, 0.5) is 0 Å². The highest BCUT2D eigenvalue weighted by atomic mass is 35.5. The van der Waals surface area contributed by atoms with Crippen molar-refractivity contribution in [1.82, 2.24) is 10.3 Å². The van der Waals surface area contributed by atoms with Crippen LogP contribution in [0.3, 0.4) is 0 Å². The minimum atomic E-state index is 0.194. The highest BCUT2D eigenvalue weighted by molar-refractivity contribution is 6.30. The Labute approximate surface area is 97.1 Å². The Morgan fingerprint density at radius 1 is 1.40 bits per heavy atom. The number of rotatable bonds is 5. The second-order valence-electron chi connectivity index (χ2n) is 4.07. The van der Waals surface area contributed by atoms with E-state index in [4.69, 9.17) is 11.6 Å². The molecule has 0 radical (unpaired) electrons. The third kappa shape index (κ3) is 3.47. The smallest absolute Gasteiger partial charge is 0.133 e. The molecule has 0 aliphatic heterocycles. The van der Waals surface area contributed by atoms with Crippen molar-refractivity contribution < 1.29 is 0 Å². The second-order valence-corrected chi connectivity index (χ2v) is 4.43. The van der Waals surface area contributed by atoms with Gasteiger partial charge in [-0.3, -0.25) is 0 Å². The van der Waals surface area contributed by atoms with Gasteiger partial charge in [0.2, 0.25) is 0 Å². The third-order valence-corrected chi connectivity index (χ3v) is 3.44. The first-order valence-electron chi connectivity index (χ1n) is 5.45. The first kappa shape index (κ1) is 12.5. The van der Waals surface area contributed by atoms with Gasteiger partial charge in [-0.1, -0.05) is 31.5 Å². The van der Waals surface area contributed by atoms with Crippen LogP contribution in [0.1, 0.15) is 39.2 Å². The molecule has 0 amide bonds. The van der Waals surface area contributed by atoms with Crippen molar-refractivity contribution >= 4 is 11.6 Å². The van der Waals surface area contributed by atoms with Crippen molar-refractivity contribution in [3.8, 4) is 0 Å². The number of aromatic nitrogens is 1. The summed E-state index contributed by atoms with van der Waals surface area (Å²) in [5.41, 5.74) is 1.26. The molecule has 0 saturated heterocycles. The van der Waals surface area contributed by atoms with E-state index in [1.807, 2.05) is 12.1 Å². The van der Waals surface area contributed by atoms with Crippen molar-refractivity contribution in [2.24, 2.45) is 0 Å². The van der Waals surface area contributed by atoms with E-state index >= 15 is 0 Å². The summed E-state index contributed by atoms with van der Waals surface area (Å²) in [4.78, 5) is 4.06. The summed E-state index contributed by atoms with van der Waals surface area (Å²) in [6, 6.07) is 3.92. The Kier molecular flexibility index (Phi) is 4.55. The van der Waals surface area contributed by atoms with E-state index in [0.717, 1.165) is 24.9 Å². The lowest BCUT2D eigenvalue weighted by Crippen LogP contribution is -2.40. The van der Waals surface area contributed by atoms with Crippen LogP contribution >= 0.6 is 11.6 Å². The van der Waals surface area contributed by atoms with Gasteiger partial charge < -0.3 is 5.32 Å². The summed E-state index contributed by atoms with van der Waals surface area (Å²) in [6.45, 7) is 7.41. The zero-order valence-electron chi connectivity index (χ0n) is 9.68. The average Bonchev–Trinajstić information content (AvgIpc) is 2.28. The Bertz CT molecular complexity index is 308. The molecule has 0 spiro atoms. The number of halogens is 1. The van der Waals surface area contributed by atoms with Crippen LogP contribution in [0.15, 0.2) is 18.3 Å². The summed E-state index contributed by atoms with van der Waals surface area (Å²) < 4.78 is 0. The number of nitrogens with one attached hydrogen (secondary N) is 1. The standard InChI is InChI=1S/C12H19ClN2/c1-4-12(3,5-2)15-9-10-7-6-8-14-11(10)13/h6-8,15H,4-5,9H2,1-3H3. The van der Waals surface area contributed by atoms with Gasteiger partial charge in [0.25, 0.3) is 0 Å². The molecule has 0 aliphatic rings. The zero-order chi connectivity index (χ0) is 11.3. The molecule has 0 bridgehead atoms. The molecule has 1 aromatic rings. The van der Waals surface area contributed by atoms with Gasteiger partial charge in [-0.2, -0.15) is 0 Å². The number of hydrogen-bond acceptors (Lipinski definition) is 2. The van der Waals surface area contributed by atoms with Gasteiger partial charge in [0.15, 0.2) is 0 Å². The van der Waals surface area contributed by atoms with Crippen molar-refractivity contribution in [2.75, 3.05) is 0 Å². The highest BCUT2D eigenvalue weighted by Gasteiger charge is 2.18. The minimum Gasteiger partial charge on any atom is -0.307 e. The predicted octanol–water partition coefficient (Wildman–Crippen LogP) is 3.40. The van der Waals surface area contributed by atoms with Crippen LogP contribution in [0.2, 0.25) is 5.15 Å². The van der Waals surface area contributed by atoms with E-state index < -0.39 is 0 Å². The van der Waals surface area contributed by atoms with Gasteiger partial charge in [-0.25, -0.2) is 4.98 Å². The maximum atomic E-state index is 5.99. The fourth-order valence-corrected chi connectivity index (χ4v) is 1.55. The van der Waals surface area contributed by atoms with Crippen LogP contribution in [0, 0.1) is 0 Å². The molecule has 0 fully saturated rings. The fraction of sp³-hybridized carbons (Fsp3) is 0.583. The Balaban J connectivity index is 2.61. The van der Waals surface area contributed by atoms with Gasteiger partial charge in [0.1, 0.15) is 5.15 Å². The molecule has 3 heteroatoms. The van der Waals surface area contributed by atoms with Gasteiger partial charge in [0.05, 0.1) is 0 Å². The molecule has 1 rings (SSSR count). The predicted molar refractivity (Wildman–Crippen MR) is 65.1 cm³/mol. The normalized spacial score (nSPS) is 11.7. The quantitative estimate of drug-likeness (QED) is 0.779. The monoisotopic (exact) mass is 226 g/mol. The SMILES string of the molecule is CCC(C)(CC)NCc1cccnc1Cl. The summed E-state index contributed by atoms with van der Waals surface area (Å²) in [6.07, 6.45) is 3.94. The first-order chi connectivity index (χ1) is 7.11. The molecule has 0 aliphatic carbocycles. The van der Waals surface area contributed by atoms with Gasteiger partial charge >= 0.3 is 0 Å². The maximum absolute atomic E-state index is 5.99. The number of nitrogens with zero attached hydrogens (tertiary/aromatic N) is 1. The largest absolute Gasteiger partial charge is 0.307 e. The summed E-state index contributed by atoms with van der Waals surface area (Å²) in [5, 5.41) is 4.12. The van der Waals surface area contributed by atoms with E-state index in [1.165, 1.54) is 0 Å². The Morgan fingerprint density at radius 2 is 2.07 bits per heavy atom. The van der Waals surface area contributed by atoms with Crippen molar-refractivity contribution in [3.63, 3.8) is 0 Å². The molecule has 84 valence electrons. The van der Waals surface area contributed by atoms with Gasteiger partial charge in [-0.15, -0.1) is 0 Å². The minimum absolute atomic E-state index is 0.194. The molecule has 1 N–H and O–H groups in total. The fourth-order valence-electron chi connectivity index (χ4n) is 1.36. The number of hydrogen-bond donors (Lipinski definition) is 1. The van der Waals surface area contributed by atoms with Crippen molar-refractivity contribution in [2.45, 2.75) is 45.7 Å². The van der Waals surface area contributed by atoms with E-state index in [0.29, 0.717) is 5.15 Å². The summed E-state index contributed by atoms with van der Waals surface area (Å²) in [7, 11) is 0. The summed E-state index contributed by atoms with van der Waals surface area (Å²) >= 11 is 5.99. The van der Waals surface area contributed by atoms with E-state index in [2.05, 4.69) is 31.1 Å². The van der Waals surface area contributed by atoms with E-state index in [1.54, 1.807) is 6.20 Å². The second kappa shape index (κ2) is 5.47. The summed E-state index contributed by atoms with van der Waals surface area (Å²) in [5.74, 6) is 0. The van der Waals surface area contributed by atoms with Crippen molar-refractivity contribution in [1.29, 1.82) is 0 Å². The van der Waals surface area contributed by atoms with Crippen LogP contribution < -0.4 is 5.32 Å². The molecular weight excluding hydrogens is 208 g/mol. The first-order valence-corrected chi connectivity index (χ1v) is 5.83. The maximum Gasteiger partial charge on any atom is 0.133 e. The lowest BCUT2D eigenvalue weighted by Gasteiger charge is -2.28. The number of pyridine rings is 1. The molecule has 15 heavy (non-hydrogen) atoms. The van der Waals surface area contributed by atoms with Crippen LogP contribution in [0.25, 0.3) is 0 Å². The molecule has 0 atom stereocenters. The molecule has 1 aromatic heterocycles. The molecular formula is C12H19ClN2. The third-order valence-electron chi connectivity index (χ3n) is 3.10. The molecule has 2 nitrogen and oxygen atoms in total. The lowest BCUT2D eigenvalue weighted by atomic mass is 9.95. The highest BCUT2D eigenvalue weighted by Crippen LogP contribution is 2.17. The molecule has 1 heterocycles. The van der Waals surface area contributed by atoms with E-state index in [-0.39, 0.29) is 5.54 Å². The van der Waals surface area contributed by atoms with E-state index in [9.17, 15) is 0 Å². The lowest BCUT2D eigenvalue weighted by molar-refractivity contribution is 0.329. The van der Waals surface area contributed by atoms with Gasteiger partial charge in [-0.05, 0) is 25.8 Å². The molecule has 0 unspecified atom stereocenters. The average molecular weight is 227 g/mol. The topological polar surface area (TPSA) is 24.9 Å². The molecule has 0 saturated carbocycles. The van der Waals surface area contributed by atoms with Crippen LogP contribution in [0.5, 0.6) is 0 Å².